The Balaban J connectivity index is 1.62. The summed E-state index contributed by atoms with van der Waals surface area (Å²) in [7, 11) is 0. The second-order valence-corrected chi connectivity index (χ2v) is 7.59. The van der Waals surface area contributed by atoms with Crippen LogP contribution in [0, 0.1) is 6.92 Å². The van der Waals surface area contributed by atoms with Gasteiger partial charge in [-0.25, -0.2) is 9.97 Å². The molecule has 0 bridgehead atoms. The van der Waals surface area contributed by atoms with Gasteiger partial charge in [0.25, 0.3) is 0 Å². The van der Waals surface area contributed by atoms with Crippen LogP contribution in [0.15, 0.2) is 42.7 Å². The summed E-state index contributed by atoms with van der Waals surface area (Å²) < 4.78 is 0. The van der Waals surface area contributed by atoms with Gasteiger partial charge in [0, 0.05) is 29.9 Å². The van der Waals surface area contributed by atoms with Gasteiger partial charge in [-0.1, -0.05) is 52.7 Å². The maximum Gasteiger partial charge on any atom is 0.188 e. The van der Waals surface area contributed by atoms with Crippen molar-refractivity contribution >= 4 is 56.4 Å². The number of rotatable bonds is 4. The minimum absolute atomic E-state index is 0.519. The predicted molar refractivity (Wildman–Crippen MR) is 105 cm³/mol. The quantitative estimate of drug-likeness (QED) is 0.452. The molecule has 1 aromatic carbocycles. The van der Waals surface area contributed by atoms with E-state index in [1.54, 1.807) is 17.5 Å². The third kappa shape index (κ3) is 3.35. The number of nitrogens with one attached hydrogen (secondary N) is 2. The van der Waals surface area contributed by atoms with Crippen LogP contribution in [0.3, 0.4) is 0 Å². The van der Waals surface area contributed by atoms with Crippen molar-refractivity contribution in [1.82, 2.24) is 15.0 Å². The smallest absolute Gasteiger partial charge is 0.188 e. The Hall–Kier alpha value is -2.08. The van der Waals surface area contributed by atoms with Crippen molar-refractivity contribution in [3.8, 4) is 0 Å². The van der Waals surface area contributed by atoms with E-state index in [0.717, 1.165) is 37.9 Å². The van der Waals surface area contributed by atoms with Crippen LogP contribution in [0.4, 0.5) is 10.8 Å². The average Bonchev–Trinajstić information content (AvgIpc) is 3.14. The molecule has 3 aromatic heterocycles. The van der Waals surface area contributed by atoms with Crippen molar-refractivity contribution in [3.63, 3.8) is 0 Å². The molecule has 4 aromatic rings. The van der Waals surface area contributed by atoms with Crippen molar-refractivity contribution in [2.45, 2.75) is 13.3 Å². The molecule has 0 aliphatic rings. The summed E-state index contributed by atoms with van der Waals surface area (Å²) in [5, 5.41) is 6.26. The molecule has 2 N–H and O–H groups in total. The molecule has 4 rings (SSSR count). The summed E-state index contributed by atoms with van der Waals surface area (Å²) in [6.45, 7) is 2.06. The molecule has 0 aliphatic carbocycles. The highest BCUT2D eigenvalue weighted by atomic mass is 35.5. The van der Waals surface area contributed by atoms with Crippen LogP contribution in [-0.2, 0) is 6.42 Å². The van der Waals surface area contributed by atoms with Crippen molar-refractivity contribution in [2.24, 2.45) is 0 Å². The third-order valence-electron chi connectivity index (χ3n) is 3.97. The molecule has 0 radical (unpaired) electrons. The maximum atomic E-state index is 6.36. The average molecular weight is 389 g/mol. The number of thiazole rings is 1. The summed E-state index contributed by atoms with van der Waals surface area (Å²) in [4.78, 5) is 12.9. The second kappa shape index (κ2) is 6.67. The number of para-hydroxylation sites is 1. The summed E-state index contributed by atoms with van der Waals surface area (Å²) >= 11 is 14.0. The van der Waals surface area contributed by atoms with Gasteiger partial charge in [0.05, 0.1) is 9.90 Å². The molecule has 126 valence electrons. The molecule has 0 unspecified atom stereocenters. The first-order chi connectivity index (χ1) is 12.1. The van der Waals surface area contributed by atoms with Crippen LogP contribution in [0.1, 0.15) is 16.0 Å². The highest BCUT2D eigenvalue weighted by Crippen LogP contribution is 2.33. The van der Waals surface area contributed by atoms with E-state index in [-0.39, 0.29) is 0 Å². The number of nitrogens with zero attached hydrogens (tertiary/aromatic N) is 2. The van der Waals surface area contributed by atoms with Crippen molar-refractivity contribution in [3.05, 3.63) is 68.9 Å². The Morgan fingerprint density at radius 2 is 2.08 bits per heavy atom. The van der Waals surface area contributed by atoms with Crippen LogP contribution in [0.5, 0.6) is 0 Å². The normalized spacial score (nSPS) is 11.2. The number of aromatic amines is 1. The third-order valence-corrected chi connectivity index (χ3v) is 5.57. The number of pyridine rings is 1. The highest BCUT2D eigenvalue weighted by Gasteiger charge is 2.14. The number of benzene rings is 1. The number of aryl methyl sites for hydroxylation is 1. The van der Waals surface area contributed by atoms with Gasteiger partial charge in [0.1, 0.15) is 10.8 Å². The number of aromatic nitrogens is 3. The largest absolute Gasteiger partial charge is 0.346 e. The lowest BCUT2D eigenvalue weighted by atomic mass is 10.1. The number of hydrogen-bond acceptors (Lipinski definition) is 4. The first-order valence-electron chi connectivity index (χ1n) is 7.69. The van der Waals surface area contributed by atoms with Crippen LogP contribution in [0.25, 0.3) is 11.0 Å². The van der Waals surface area contributed by atoms with E-state index in [4.69, 9.17) is 23.2 Å². The number of halogens is 2. The van der Waals surface area contributed by atoms with E-state index in [9.17, 15) is 0 Å². The molecule has 0 aliphatic heterocycles. The van der Waals surface area contributed by atoms with Crippen LogP contribution >= 0.6 is 34.5 Å². The van der Waals surface area contributed by atoms with Gasteiger partial charge < -0.3 is 10.3 Å². The fourth-order valence-electron chi connectivity index (χ4n) is 2.68. The Bertz CT molecular complexity index is 1050. The molecular weight excluding hydrogens is 375 g/mol. The molecule has 0 saturated heterocycles. The molecule has 3 heterocycles. The fraction of sp³-hybridized carbons (Fsp3) is 0.111. The number of H-pyrrole nitrogens is 1. The lowest BCUT2D eigenvalue weighted by molar-refractivity contribution is 1.23. The minimum atomic E-state index is 0.519. The molecule has 0 amide bonds. The second-order valence-electron chi connectivity index (χ2n) is 5.71. The van der Waals surface area contributed by atoms with E-state index in [0.29, 0.717) is 16.6 Å². The fourth-order valence-corrected chi connectivity index (χ4v) is 4.04. The molecular formula is C18H14Cl2N4S. The number of anilines is 2. The number of hydrogen-bond donors (Lipinski definition) is 2. The van der Waals surface area contributed by atoms with Gasteiger partial charge in [-0.05, 0) is 30.2 Å². The van der Waals surface area contributed by atoms with Crippen molar-refractivity contribution in [2.75, 3.05) is 5.32 Å². The van der Waals surface area contributed by atoms with Gasteiger partial charge in [0.2, 0.25) is 0 Å². The highest BCUT2D eigenvalue weighted by molar-refractivity contribution is 7.16. The van der Waals surface area contributed by atoms with Gasteiger partial charge >= 0.3 is 0 Å². The summed E-state index contributed by atoms with van der Waals surface area (Å²) in [5.74, 6) is 0. The molecule has 0 saturated carbocycles. The summed E-state index contributed by atoms with van der Waals surface area (Å²) in [6.07, 6.45) is 4.25. The predicted octanol–water partition coefficient (Wildman–Crippen LogP) is 5.97. The van der Waals surface area contributed by atoms with E-state index < -0.39 is 0 Å². The van der Waals surface area contributed by atoms with Crippen LogP contribution in [0.2, 0.25) is 10.2 Å². The van der Waals surface area contributed by atoms with Crippen molar-refractivity contribution < 1.29 is 0 Å². The van der Waals surface area contributed by atoms with Gasteiger partial charge in [-0.3, -0.25) is 0 Å². The molecule has 0 spiro atoms. The van der Waals surface area contributed by atoms with Crippen molar-refractivity contribution in [1.29, 1.82) is 0 Å². The molecule has 7 heteroatoms. The first kappa shape index (κ1) is 16.4. The zero-order valence-electron chi connectivity index (χ0n) is 13.3. The standard InChI is InChI=1S/C18H14Cl2N4S/c1-10-4-2-3-5-14(10)23-18-24-16(20)15(25-18)6-11-8-21-17-13(11)7-12(19)9-22-17/h2-5,7-9H,6H2,1H3,(H,21,22)(H,23,24). The zero-order chi connectivity index (χ0) is 17.4. The molecule has 0 fully saturated rings. The first-order valence-corrected chi connectivity index (χ1v) is 9.27. The lowest BCUT2D eigenvalue weighted by Crippen LogP contribution is -1.91. The molecule has 0 atom stereocenters. The lowest BCUT2D eigenvalue weighted by Gasteiger charge is -2.05. The van der Waals surface area contributed by atoms with E-state index >= 15 is 0 Å². The minimum Gasteiger partial charge on any atom is -0.346 e. The summed E-state index contributed by atoms with van der Waals surface area (Å²) in [5.41, 5.74) is 4.10. The Morgan fingerprint density at radius 3 is 2.92 bits per heavy atom. The zero-order valence-corrected chi connectivity index (χ0v) is 15.6. The maximum absolute atomic E-state index is 6.36. The topological polar surface area (TPSA) is 53.6 Å². The molecule has 25 heavy (non-hydrogen) atoms. The van der Waals surface area contributed by atoms with E-state index in [1.165, 1.54) is 0 Å². The molecule has 4 nitrogen and oxygen atoms in total. The van der Waals surface area contributed by atoms with Gasteiger partial charge in [-0.2, -0.15) is 0 Å². The van der Waals surface area contributed by atoms with Gasteiger partial charge in [0.15, 0.2) is 5.13 Å². The number of fused-ring (bicyclic) bond motifs is 1. The monoisotopic (exact) mass is 388 g/mol. The summed E-state index contributed by atoms with van der Waals surface area (Å²) in [6, 6.07) is 10.0. The van der Waals surface area contributed by atoms with Crippen LogP contribution < -0.4 is 5.32 Å². The SMILES string of the molecule is Cc1ccccc1Nc1nc(Cl)c(Cc2c[nH]c3ncc(Cl)cc23)s1. The Labute approximate surface area is 158 Å². The Kier molecular flexibility index (Phi) is 4.37. The van der Waals surface area contributed by atoms with Crippen LogP contribution in [-0.4, -0.2) is 15.0 Å². The Morgan fingerprint density at radius 1 is 1.24 bits per heavy atom. The van der Waals surface area contributed by atoms with E-state index in [1.807, 2.05) is 30.5 Å². The van der Waals surface area contributed by atoms with Gasteiger partial charge in [-0.15, -0.1) is 0 Å². The van der Waals surface area contributed by atoms with E-state index in [2.05, 4.69) is 33.3 Å².